The van der Waals surface area contributed by atoms with Crippen LogP contribution in [0.2, 0.25) is 0 Å². The van der Waals surface area contributed by atoms with E-state index in [1.807, 2.05) is 41.2 Å². The van der Waals surface area contributed by atoms with Crippen molar-refractivity contribution in [2.75, 3.05) is 0 Å². The molecule has 0 unspecified atom stereocenters. The average molecular weight is 591 g/mol. The lowest BCUT2D eigenvalue weighted by Gasteiger charge is -2.13. The van der Waals surface area contributed by atoms with Crippen LogP contribution >= 0.6 is 0 Å². The van der Waals surface area contributed by atoms with Gasteiger partial charge in [0, 0.05) is 57.3 Å². The molecule has 0 saturated heterocycles. The van der Waals surface area contributed by atoms with E-state index in [1.54, 1.807) is 12.4 Å². The van der Waals surface area contributed by atoms with Gasteiger partial charge in [0.1, 0.15) is 11.3 Å². The van der Waals surface area contributed by atoms with Crippen LogP contribution in [0.1, 0.15) is 0 Å². The molecule has 214 valence electrons. The van der Waals surface area contributed by atoms with Crippen LogP contribution in [0.25, 0.3) is 88.7 Å². The maximum absolute atomic E-state index is 5.19. The van der Waals surface area contributed by atoms with Crippen LogP contribution in [0.3, 0.4) is 0 Å². The Hall–Kier alpha value is -6.54. The Morgan fingerprint density at radius 2 is 1.00 bits per heavy atom. The van der Waals surface area contributed by atoms with Gasteiger partial charge in [-0.25, -0.2) is 14.5 Å². The predicted molar refractivity (Wildman–Crippen MR) is 182 cm³/mol. The Bertz CT molecular complexity index is 2590. The number of para-hydroxylation sites is 2. The number of fused-ring (bicyclic) bond motifs is 9. The van der Waals surface area contributed by atoms with Crippen LogP contribution < -0.4 is 0 Å². The Morgan fingerprint density at radius 3 is 1.70 bits per heavy atom. The lowest BCUT2D eigenvalue weighted by atomic mass is 10.0. The van der Waals surface area contributed by atoms with Crippen LogP contribution in [0, 0.1) is 0 Å². The van der Waals surface area contributed by atoms with Crippen molar-refractivity contribution in [1.82, 2.24) is 39.0 Å². The summed E-state index contributed by atoms with van der Waals surface area (Å²) in [5.74, 6) is 1.44. The molecule has 0 spiro atoms. The lowest BCUT2D eigenvalue weighted by Crippen LogP contribution is -2.11. The summed E-state index contributed by atoms with van der Waals surface area (Å²) in [6, 6.07) is 37.3. The van der Waals surface area contributed by atoms with E-state index in [9.17, 15) is 0 Å². The maximum Gasteiger partial charge on any atom is 0.242 e. The van der Waals surface area contributed by atoms with E-state index in [4.69, 9.17) is 24.9 Å². The van der Waals surface area contributed by atoms with E-state index in [-0.39, 0.29) is 0 Å². The molecule has 8 nitrogen and oxygen atoms in total. The molecule has 46 heavy (non-hydrogen) atoms. The number of aromatic nitrogens is 8. The van der Waals surface area contributed by atoms with Gasteiger partial charge in [-0.15, -0.1) is 0 Å². The SMILES string of the molecule is c1ccc2c(c1)ccc1c(-c3nc(-n4c5ccccc5c5ccccc54)nc(-n4c5ncccc5c5cccnc54)n3)cncc12. The van der Waals surface area contributed by atoms with Gasteiger partial charge in [0.25, 0.3) is 0 Å². The molecule has 0 radical (unpaired) electrons. The highest BCUT2D eigenvalue weighted by Crippen LogP contribution is 2.35. The summed E-state index contributed by atoms with van der Waals surface area (Å²) in [6.07, 6.45) is 7.33. The topological polar surface area (TPSA) is 87.2 Å². The van der Waals surface area contributed by atoms with Crippen molar-refractivity contribution in [2.24, 2.45) is 0 Å². The molecule has 0 bridgehead atoms. The van der Waals surface area contributed by atoms with Crippen molar-refractivity contribution in [2.45, 2.75) is 0 Å². The molecule has 0 aliphatic heterocycles. The van der Waals surface area contributed by atoms with Gasteiger partial charge in [-0.3, -0.25) is 9.55 Å². The van der Waals surface area contributed by atoms with Gasteiger partial charge < -0.3 is 0 Å². The highest BCUT2D eigenvalue weighted by Gasteiger charge is 2.22. The van der Waals surface area contributed by atoms with E-state index in [1.165, 1.54) is 0 Å². The van der Waals surface area contributed by atoms with Crippen LogP contribution in [-0.2, 0) is 0 Å². The van der Waals surface area contributed by atoms with Crippen LogP contribution in [0.15, 0.2) is 134 Å². The maximum atomic E-state index is 5.19. The molecule has 4 aromatic carbocycles. The summed E-state index contributed by atoms with van der Waals surface area (Å²) < 4.78 is 4.04. The minimum Gasteiger partial charge on any atom is -0.278 e. The standard InChI is InChI=1S/C38H22N8/c1-2-10-24-23(9-1)17-18-25-30(24)21-39-22-31(25)34-42-37(45-32-15-5-3-11-26(32)27-12-4-6-16-33(27)45)44-38(43-34)46-35-28(13-7-19-40-35)29-14-8-20-41-36(29)46/h1-22H. The summed E-state index contributed by atoms with van der Waals surface area (Å²) >= 11 is 0. The van der Waals surface area contributed by atoms with E-state index >= 15 is 0 Å². The Balaban J connectivity index is 1.35. The zero-order valence-electron chi connectivity index (χ0n) is 24.3. The Labute approximate surface area is 261 Å². The molecule has 6 aromatic heterocycles. The third-order valence-electron chi connectivity index (χ3n) is 8.79. The first kappa shape index (κ1) is 24.9. The zero-order valence-corrected chi connectivity index (χ0v) is 24.3. The fourth-order valence-electron chi connectivity index (χ4n) is 6.78. The molecular weight excluding hydrogens is 568 g/mol. The monoisotopic (exact) mass is 590 g/mol. The molecule has 0 amide bonds. The number of pyridine rings is 3. The van der Waals surface area contributed by atoms with Gasteiger partial charge in [0.15, 0.2) is 5.82 Å². The van der Waals surface area contributed by atoms with Gasteiger partial charge in [0.2, 0.25) is 11.9 Å². The van der Waals surface area contributed by atoms with Crippen molar-refractivity contribution < 1.29 is 0 Å². The quantitative estimate of drug-likeness (QED) is 0.193. The summed E-state index contributed by atoms with van der Waals surface area (Å²) in [6.45, 7) is 0. The van der Waals surface area contributed by atoms with Crippen molar-refractivity contribution in [1.29, 1.82) is 0 Å². The molecule has 0 aliphatic carbocycles. The molecule has 0 aliphatic rings. The number of hydrogen-bond acceptors (Lipinski definition) is 6. The molecule has 0 fully saturated rings. The molecule has 6 heterocycles. The fourth-order valence-corrected chi connectivity index (χ4v) is 6.78. The second-order valence-corrected chi connectivity index (χ2v) is 11.3. The third-order valence-corrected chi connectivity index (χ3v) is 8.79. The first-order valence-corrected chi connectivity index (χ1v) is 15.0. The number of rotatable bonds is 3. The summed E-state index contributed by atoms with van der Waals surface area (Å²) in [5.41, 5.74) is 4.28. The summed E-state index contributed by atoms with van der Waals surface area (Å²) in [7, 11) is 0. The molecular formula is C38H22N8. The molecule has 0 N–H and O–H groups in total. The second kappa shape index (κ2) is 9.48. The van der Waals surface area contributed by atoms with E-state index in [0.717, 1.165) is 71.0 Å². The Morgan fingerprint density at radius 1 is 0.413 bits per heavy atom. The van der Waals surface area contributed by atoms with Crippen molar-refractivity contribution >= 4 is 65.4 Å². The minimum absolute atomic E-state index is 0.428. The van der Waals surface area contributed by atoms with Gasteiger partial charge in [0.05, 0.1) is 11.0 Å². The van der Waals surface area contributed by atoms with E-state index < -0.39 is 0 Å². The molecule has 0 saturated carbocycles. The first-order chi connectivity index (χ1) is 22.8. The second-order valence-electron chi connectivity index (χ2n) is 11.3. The average Bonchev–Trinajstić information content (AvgIpc) is 3.64. The smallest absolute Gasteiger partial charge is 0.242 e. The van der Waals surface area contributed by atoms with Crippen LogP contribution in [0.5, 0.6) is 0 Å². The van der Waals surface area contributed by atoms with E-state index in [0.29, 0.717) is 17.7 Å². The molecule has 10 aromatic rings. The number of nitrogens with zero attached hydrogens (tertiary/aromatic N) is 8. The predicted octanol–water partition coefficient (Wildman–Crippen LogP) is 8.22. The largest absolute Gasteiger partial charge is 0.278 e. The number of benzene rings is 4. The van der Waals surface area contributed by atoms with Gasteiger partial charge >= 0.3 is 0 Å². The normalized spacial score (nSPS) is 11.9. The number of hydrogen-bond donors (Lipinski definition) is 0. The molecule has 0 atom stereocenters. The van der Waals surface area contributed by atoms with Crippen molar-refractivity contribution in [3.8, 4) is 23.3 Å². The first-order valence-electron chi connectivity index (χ1n) is 15.0. The Kier molecular flexibility index (Phi) is 5.12. The highest BCUT2D eigenvalue weighted by molar-refractivity contribution is 6.12. The lowest BCUT2D eigenvalue weighted by molar-refractivity contribution is 0.883. The summed E-state index contributed by atoms with van der Waals surface area (Å²) in [5, 5.41) is 8.53. The van der Waals surface area contributed by atoms with Gasteiger partial charge in [-0.05, 0) is 52.6 Å². The summed E-state index contributed by atoms with van der Waals surface area (Å²) in [4.78, 5) is 29.8. The highest BCUT2D eigenvalue weighted by atomic mass is 15.3. The van der Waals surface area contributed by atoms with Crippen LogP contribution in [-0.4, -0.2) is 39.0 Å². The fraction of sp³-hybridized carbons (Fsp3) is 0. The van der Waals surface area contributed by atoms with Crippen LogP contribution in [0.4, 0.5) is 0 Å². The minimum atomic E-state index is 0.428. The third kappa shape index (κ3) is 3.49. The van der Waals surface area contributed by atoms with Crippen molar-refractivity contribution in [3.63, 3.8) is 0 Å². The molecule has 8 heteroatoms. The van der Waals surface area contributed by atoms with Crippen molar-refractivity contribution in [3.05, 3.63) is 134 Å². The van der Waals surface area contributed by atoms with E-state index in [2.05, 4.69) is 94.5 Å². The van der Waals surface area contributed by atoms with Gasteiger partial charge in [-0.1, -0.05) is 72.8 Å². The molecule has 10 rings (SSSR count). The zero-order chi connectivity index (χ0) is 30.2. The van der Waals surface area contributed by atoms with Gasteiger partial charge in [-0.2, -0.15) is 15.0 Å².